The first kappa shape index (κ1) is 16.8. The molecule has 0 saturated carbocycles. The Kier molecular flexibility index (Phi) is 4.32. The third kappa shape index (κ3) is 3.13. The van der Waals surface area contributed by atoms with Crippen molar-refractivity contribution >= 4 is 38.7 Å². The van der Waals surface area contributed by atoms with Crippen molar-refractivity contribution in [3.05, 3.63) is 72.7 Å². The van der Waals surface area contributed by atoms with Crippen LogP contribution < -0.4 is 5.56 Å². The van der Waals surface area contributed by atoms with Crippen molar-refractivity contribution in [3.63, 3.8) is 0 Å². The van der Waals surface area contributed by atoms with Crippen molar-refractivity contribution in [1.29, 1.82) is 0 Å². The maximum Gasteiger partial charge on any atom is 0.312 e. The number of nitro benzene ring substituents is 1. The number of rotatable bonds is 3. The second kappa shape index (κ2) is 6.44. The molecule has 0 fully saturated rings. The van der Waals surface area contributed by atoms with Crippen molar-refractivity contribution in [3.8, 4) is 5.75 Å². The maximum absolute atomic E-state index is 12.5. The summed E-state index contributed by atoms with van der Waals surface area (Å²) in [6.45, 7) is 1.62. The van der Waals surface area contributed by atoms with E-state index in [1.165, 1.54) is 18.3 Å². The van der Waals surface area contributed by atoms with Gasteiger partial charge in [-0.3, -0.25) is 14.9 Å². The summed E-state index contributed by atoms with van der Waals surface area (Å²) in [6.07, 6.45) is 1.18. The van der Waals surface area contributed by atoms with Crippen LogP contribution in [0, 0.1) is 17.0 Å². The van der Waals surface area contributed by atoms with Gasteiger partial charge in [0, 0.05) is 16.1 Å². The van der Waals surface area contributed by atoms with Gasteiger partial charge in [0.15, 0.2) is 0 Å². The van der Waals surface area contributed by atoms with E-state index in [0.717, 1.165) is 4.68 Å². The number of phenolic OH excluding ortho intramolecular Hbond substituents is 1. The van der Waals surface area contributed by atoms with Crippen molar-refractivity contribution in [2.24, 2.45) is 5.10 Å². The summed E-state index contributed by atoms with van der Waals surface area (Å²) in [6, 6.07) is 9.50. The number of aromatic nitrogens is 2. The molecule has 0 aliphatic rings. The monoisotopic (exact) mass is 402 g/mol. The molecule has 3 rings (SSSR count). The normalized spacial score (nSPS) is 11.3. The molecule has 1 N–H and O–H groups in total. The van der Waals surface area contributed by atoms with Crippen molar-refractivity contribution < 1.29 is 10.0 Å². The second-order valence-corrected chi connectivity index (χ2v) is 6.07. The van der Waals surface area contributed by atoms with E-state index >= 15 is 0 Å². The van der Waals surface area contributed by atoms with Crippen LogP contribution in [0.15, 0.2) is 50.8 Å². The molecule has 8 nitrogen and oxygen atoms in total. The van der Waals surface area contributed by atoms with Gasteiger partial charge in [-0.25, -0.2) is 4.98 Å². The van der Waals surface area contributed by atoms with Crippen LogP contribution in [0.1, 0.15) is 11.4 Å². The Bertz CT molecular complexity index is 1090. The second-order valence-electron chi connectivity index (χ2n) is 5.16. The van der Waals surface area contributed by atoms with Crippen LogP contribution in [-0.4, -0.2) is 25.9 Å². The number of aromatic hydroxyl groups is 1. The summed E-state index contributed by atoms with van der Waals surface area (Å²) in [5.41, 5.74) is -0.183. The molecule has 0 aliphatic heterocycles. The zero-order chi connectivity index (χ0) is 18.1. The fraction of sp³-hybridized carbons (Fsp3) is 0.0625. The number of para-hydroxylation sites is 1. The van der Waals surface area contributed by atoms with Crippen LogP contribution in [0.3, 0.4) is 0 Å². The highest BCUT2D eigenvalue weighted by atomic mass is 79.9. The Morgan fingerprint density at radius 3 is 2.80 bits per heavy atom. The molecule has 0 saturated heterocycles. The first-order valence-electron chi connectivity index (χ1n) is 7.08. The summed E-state index contributed by atoms with van der Waals surface area (Å²) in [5.74, 6) is -0.180. The molecule has 0 spiro atoms. The first-order valence-corrected chi connectivity index (χ1v) is 7.87. The number of nitro groups is 1. The molecule has 3 aromatic rings. The third-order valence-corrected chi connectivity index (χ3v) is 3.97. The Morgan fingerprint density at radius 2 is 2.08 bits per heavy atom. The van der Waals surface area contributed by atoms with Gasteiger partial charge in [-0.2, -0.15) is 9.78 Å². The van der Waals surface area contributed by atoms with Crippen molar-refractivity contribution in [2.75, 3.05) is 0 Å². The SMILES string of the molecule is Cc1nc2ccccc2c(=O)n1/N=C\c1cc(Br)cc([N+](=O)[O-])c1O. The minimum absolute atomic E-state index is 0.0977. The van der Waals surface area contributed by atoms with Crippen molar-refractivity contribution in [2.45, 2.75) is 6.92 Å². The summed E-state index contributed by atoms with van der Waals surface area (Å²) < 4.78 is 1.48. The van der Waals surface area contributed by atoms with Crippen LogP contribution >= 0.6 is 15.9 Å². The van der Waals surface area contributed by atoms with Gasteiger partial charge in [0.05, 0.1) is 22.0 Å². The molecule has 126 valence electrons. The van der Waals surface area contributed by atoms with Gasteiger partial charge in [0.25, 0.3) is 5.56 Å². The van der Waals surface area contributed by atoms with E-state index in [-0.39, 0.29) is 11.1 Å². The highest BCUT2D eigenvalue weighted by Crippen LogP contribution is 2.32. The number of hydrogen-bond acceptors (Lipinski definition) is 6. The van der Waals surface area contributed by atoms with E-state index in [1.807, 2.05) is 0 Å². The molecule has 0 aliphatic carbocycles. The standard InChI is InChI=1S/C16H11BrN4O4/c1-9-19-13-5-3-2-4-12(13)16(23)20(9)18-8-10-6-11(17)7-14(15(10)22)21(24)25/h2-8,22H,1H3/b18-8-. The van der Waals surface area contributed by atoms with Gasteiger partial charge in [0.2, 0.25) is 5.75 Å². The van der Waals surface area contributed by atoms with Gasteiger partial charge >= 0.3 is 5.69 Å². The third-order valence-electron chi connectivity index (χ3n) is 3.51. The highest BCUT2D eigenvalue weighted by molar-refractivity contribution is 9.10. The van der Waals surface area contributed by atoms with E-state index in [1.54, 1.807) is 31.2 Å². The van der Waals surface area contributed by atoms with Gasteiger partial charge in [-0.1, -0.05) is 28.1 Å². The van der Waals surface area contributed by atoms with Gasteiger partial charge in [0.1, 0.15) is 5.82 Å². The van der Waals surface area contributed by atoms with E-state index in [9.17, 15) is 20.0 Å². The minimum Gasteiger partial charge on any atom is -0.502 e. The maximum atomic E-state index is 12.5. The molecule has 0 unspecified atom stereocenters. The van der Waals surface area contributed by atoms with Crippen LogP contribution in [0.2, 0.25) is 0 Å². The topological polar surface area (TPSA) is 111 Å². The van der Waals surface area contributed by atoms with Crippen LogP contribution in [0.4, 0.5) is 5.69 Å². The molecule has 2 aromatic carbocycles. The number of hydrogen-bond donors (Lipinski definition) is 1. The molecule has 25 heavy (non-hydrogen) atoms. The molecular formula is C16H11BrN4O4. The number of benzene rings is 2. The van der Waals surface area contributed by atoms with Gasteiger partial charge in [-0.05, 0) is 25.1 Å². The molecule has 0 amide bonds. The number of fused-ring (bicyclic) bond motifs is 1. The Morgan fingerprint density at radius 1 is 1.36 bits per heavy atom. The summed E-state index contributed by atoms with van der Waals surface area (Å²) in [5, 5.41) is 25.4. The molecule has 1 heterocycles. The van der Waals surface area contributed by atoms with E-state index in [0.29, 0.717) is 21.2 Å². The number of aryl methyl sites for hydroxylation is 1. The lowest BCUT2D eigenvalue weighted by Crippen LogP contribution is -2.20. The highest BCUT2D eigenvalue weighted by Gasteiger charge is 2.17. The first-order chi connectivity index (χ1) is 11.9. The smallest absolute Gasteiger partial charge is 0.312 e. The number of halogens is 1. The van der Waals surface area contributed by atoms with E-state index in [2.05, 4.69) is 26.0 Å². The zero-order valence-corrected chi connectivity index (χ0v) is 14.5. The molecule has 1 aromatic heterocycles. The number of nitrogens with zero attached hydrogens (tertiary/aromatic N) is 4. The summed E-state index contributed by atoms with van der Waals surface area (Å²) in [7, 11) is 0. The Balaban J connectivity index is 2.14. The van der Waals surface area contributed by atoms with Crippen LogP contribution in [0.5, 0.6) is 5.75 Å². The lowest BCUT2D eigenvalue weighted by atomic mass is 10.2. The number of phenols is 1. The largest absolute Gasteiger partial charge is 0.502 e. The quantitative estimate of drug-likeness (QED) is 0.411. The summed E-state index contributed by atoms with van der Waals surface area (Å²) in [4.78, 5) is 27.1. The molecule has 9 heteroatoms. The van der Waals surface area contributed by atoms with Crippen molar-refractivity contribution in [1.82, 2.24) is 9.66 Å². The average Bonchev–Trinajstić information content (AvgIpc) is 2.57. The molecule has 0 bridgehead atoms. The molecule has 0 atom stereocenters. The van der Waals surface area contributed by atoms with Gasteiger partial charge in [-0.15, -0.1) is 0 Å². The predicted molar refractivity (Wildman–Crippen MR) is 96.2 cm³/mol. The Labute approximate surface area is 149 Å². The lowest BCUT2D eigenvalue weighted by Gasteiger charge is -2.06. The van der Waals surface area contributed by atoms with Crippen LogP contribution in [-0.2, 0) is 0 Å². The minimum atomic E-state index is -0.702. The van der Waals surface area contributed by atoms with Crippen LogP contribution in [0.25, 0.3) is 10.9 Å². The average molecular weight is 403 g/mol. The fourth-order valence-electron chi connectivity index (χ4n) is 2.33. The lowest BCUT2D eigenvalue weighted by molar-refractivity contribution is -0.385. The Hall–Kier alpha value is -3.07. The molecular weight excluding hydrogens is 392 g/mol. The van der Waals surface area contributed by atoms with E-state index < -0.39 is 16.4 Å². The van der Waals surface area contributed by atoms with E-state index in [4.69, 9.17) is 0 Å². The summed E-state index contributed by atoms with van der Waals surface area (Å²) >= 11 is 3.15. The zero-order valence-electron chi connectivity index (χ0n) is 12.9. The molecule has 0 radical (unpaired) electrons. The fourth-order valence-corrected chi connectivity index (χ4v) is 2.80. The predicted octanol–water partition coefficient (Wildman–Crippen LogP) is 2.96. The van der Waals surface area contributed by atoms with Gasteiger partial charge < -0.3 is 5.11 Å².